The average Bonchev–Trinajstić information content (AvgIpc) is 4.20. The van der Waals surface area contributed by atoms with Gasteiger partial charge in [0.1, 0.15) is 29.5 Å². The summed E-state index contributed by atoms with van der Waals surface area (Å²) in [7, 11) is 0. The summed E-state index contributed by atoms with van der Waals surface area (Å²) < 4.78 is 7.89. The van der Waals surface area contributed by atoms with E-state index in [9.17, 15) is 24.3 Å². The van der Waals surface area contributed by atoms with E-state index in [0.717, 1.165) is 92.4 Å². The summed E-state index contributed by atoms with van der Waals surface area (Å²) in [5.41, 5.74) is 10.2. The number of carbonyl (C=O) groups is 4. The zero-order valence-electron chi connectivity index (χ0n) is 44.3. The van der Waals surface area contributed by atoms with Crippen molar-refractivity contribution in [3.63, 3.8) is 0 Å². The summed E-state index contributed by atoms with van der Waals surface area (Å²) >= 11 is 9.55. The van der Waals surface area contributed by atoms with Gasteiger partial charge in [0.25, 0.3) is 0 Å². The molecule has 3 aliphatic rings. The maximum atomic E-state index is 14.1. The molecule has 2 saturated heterocycles. The van der Waals surface area contributed by atoms with Crippen LogP contribution in [0.25, 0.3) is 15.4 Å². The molecule has 16 nitrogen and oxygen atoms in total. The van der Waals surface area contributed by atoms with Gasteiger partial charge in [-0.15, -0.1) is 32.9 Å². The molecule has 400 valence electrons. The lowest BCUT2D eigenvalue weighted by atomic mass is 9.85. The molecule has 3 aliphatic heterocycles. The second kappa shape index (κ2) is 23.6. The van der Waals surface area contributed by atoms with Crippen LogP contribution in [0.2, 0.25) is 5.02 Å². The number of β-amino-alcohol motifs (C(OH)–C–C–N with tert-alkyl or cyclic N) is 1. The quantitative estimate of drug-likeness (QED) is 0.0714. The lowest BCUT2D eigenvalue weighted by Gasteiger charge is -2.36. The zero-order valence-corrected chi connectivity index (χ0v) is 46.7. The van der Waals surface area contributed by atoms with Crippen LogP contribution >= 0.6 is 34.3 Å². The number of likely N-dealkylation sites (tertiary alicyclic amines) is 1. The number of thiophene rings is 1. The molecule has 9 rings (SSSR count). The van der Waals surface area contributed by atoms with Crippen LogP contribution in [0.15, 0.2) is 83.3 Å². The van der Waals surface area contributed by atoms with Crippen LogP contribution in [0.3, 0.4) is 0 Å². The van der Waals surface area contributed by atoms with Crippen molar-refractivity contribution in [2.24, 2.45) is 10.4 Å². The third-order valence-electron chi connectivity index (χ3n) is 14.7. The molecule has 0 bridgehead atoms. The van der Waals surface area contributed by atoms with E-state index in [1.165, 1.54) is 9.78 Å². The molecule has 6 aromatic rings. The number of aliphatic hydroxyl groups is 1. The monoisotopic (exact) mass is 1090 g/mol. The van der Waals surface area contributed by atoms with E-state index < -0.39 is 35.6 Å². The summed E-state index contributed by atoms with van der Waals surface area (Å²) in [5.74, 6) is 0.327. The van der Waals surface area contributed by atoms with Gasteiger partial charge in [-0.2, -0.15) is 0 Å². The highest BCUT2D eigenvalue weighted by Gasteiger charge is 2.44. The number of piperazine rings is 1. The molecule has 3 N–H and O–H groups in total. The first-order chi connectivity index (χ1) is 36.4. The van der Waals surface area contributed by atoms with E-state index in [0.29, 0.717) is 37.0 Å². The van der Waals surface area contributed by atoms with E-state index >= 15 is 0 Å². The van der Waals surface area contributed by atoms with Crippen LogP contribution in [-0.4, -0.2) is 135 Å². The number of rotatable bonds is 18. The first-order valence-electron chi connectivity index (χ1n) is 26.0. The number of aromatic nitrogens is 4. The summed E-state index contributed by atoms with van der Waals surface area (Å²) in [4.78, 5) is 72.7. The van der Waals surface area contributed by atoms with Gasteiger partial charge in [0.05, 0.1) is 47.0 Å². The maximum Gasteiger partial charge on any atom is 0.246 e. The third kappa shape index (κ3) is 12.5. The minimum Gasteiger partial charge on any atom is -0.391 e. The minimum absolute atomic E-state index is 0.0331. The van der Waals surface area contributed by atoms with Gasteiger partial charge >= 0.3 is 0 Å². The van der Waals surface area contributed by atoms with Crippen LogP contribution < -0.4 is 15.5 Å². The van der Waals surface area contributed by atoms with Crippen molar-refractivity contribution in [3.8, 4) is 15.4 Å². The SMILES string of the molecule is Cc1ncsc1-c1ccc(CCC(=O)[C@@H]2C[C@@H](O)CN2C(=O)[C@@H](NC(=O)COCCN2CCN(c3ccc(CNC(=O)C[C@@H]4N=C(c5ccc(Cl)cc5)c5c(sc(C)c5C)-n5c(C)nnc54)cc3)CC2)C(C)(C)C)cc1. The number of aryl methyl sites for hydroxylation is 4. The number of Topliss-reactive ketones (excluding diaryl/α,β-unsaturated/α-hetero) is 1. The van der Waals surface area contributed by atoms with Crippen molar-refractivity contribution in [2.45, 2.75) is 105 Å². The number of halogens is 1. The fraction of sp³-hybridized carbons (Fsp3) is 0.439. The lowest BCUT2D eigenvalue weighted by molar-refractivity contribution is -0.144. The Hall–Kier alpha value is -6.15. The van der Waals surface area contributed by atoms with Crippen LogP contribution in [0.1, 0.15) is 96.1 Å². The Morgan fingerprint density at radius 2 is 1.58 bits per heavy atom. The van der Waals surface area contributed by atoms with Crippen molar-refractivity contribution in [1.29, 1.82) is 0 Å². The topological polar surface area (TPSA) is 187 Å². The molecule has 3 aromatic carbocycles. The van der Waals surface area contributed by atoms with E-state index in [-0.39, 0.29) is 50.0 Å². The Morgan fingerprint density at radius 1 is 0.882 bits per heavy atom. The molecule has 76 heavy (non-hydrogen) atoms. The fourth-order valence-electron chi connectivity index (χ4n) is 10.2. The number of anilines is 1. The number of thiazole rings is 1. The zero-order chi connectivity index (χ0) is 53.8. The van der Waals surface area contributed by atoms with Gasteiger partial charge in [0.2, 0.25) is 17.7 Å². The number of benzene rings is 3. The molecule has 0 saturated carbocycles. The largest absolute Gasteiger partial charge is 0.391 e. The highest BCUT2D eigenvalue weighted by Crippen LogP contribution is 2.40. The van der Waals surface area contributed by atoms with E-state index in [1.54, 1.807) is 22.7 Å². The van der Waals surface area contributed by atoms with Crippen LogP contribution in [0, 0.1) is 33.1 Å². The fourth-order valence-corrected chi connectivity index (χ4v) is 12.4. The molecule has 19 heteroatoms. The number of hydrogen-bond donors (Lipinski definition) is 3. The Bertz CT molecular complexity index is 3080. The number of aliphatic imine (C=N–C) groups is 1. The van der Waals surface area contributed by atoms with Crippen LogP contribution in [-0.2, 0) is 36.9 Å². The van der Waals surface area contributed by atoms with Gasteiger partial charge in [-0.3, -0.25) is 33.6 Å². The molecule has 3 amide bonds. The van der Waals surface area contributed by atoms with Crippen molar-refractivity contribution >= 4 is 69.2 Å². The van der Waals surface area contributed by atoms with Crippen molar-refractivity contribution < 1.29 is 29.0 Å². The van der Waals surface area contributed by atoms with Gasteiger partial charge in [-0.25, -0.2) is 4.98 Å². The van der Waals surface area contributed by atoms with Gasteiger partial charge in [0, 0.05) is 85.4 Å². The van der Waals surface area contributed by atoms with Gasteiger partial charge < -0.3 is 30.3 Å². The number of nitrogens with one attached hydrogen (secondary N) is 2. The Kier molecular flexibility index (Phi) is 17.0. The van der Waals surface area contributed by atoms with Crippen LogP contribution in [0.5, 0.6) is 0 Å². The van der Waals surface area contributed by atoms with E-state index in [4.69, 9.17) is 21.3 Å². The first kappa shape index (κ1) is 54.6. The Morgan fingerprint density at radius 3 is 2.26 bits per heavy atom. The molecule has 0 radical (unpaired) electrons. The molecule has 4 atom stereocenters. The van der Waals surface area contributed by atoms with Gasteiger partial charge in [0.15, 0.2) is 11.6 Å². The number of amides is 3. The number of carbonyl (C=O) groups excluding carboxylic acids is 4. The molecule has 0 spiro atoms. The number of fused-ring (bicyclic) bond motifs is 3. The van der Waals surface area contributed by atoms with E-state index in [2.05, 4.69) is 61.6 Å². The van der Waals surface area contributed by atoms with Crippen molar-refractivity contribution in [3.05, 3.63) is 133 Å². The number of ether oxygens (including phenoxy) is 1. The lowest BCUT2D eigenvalue weighted by Crippen LogP contribution is -2.57. The minimum atomic E-state index is -0.922. The maximum absolute atomic E-state index is 14.1. The summed E-state index contributed by atoms with van der Waals surface area (Å²) in [5, 5.41) is 27.3. The first-order valence-corrected chi connectivity index (χ1v) is 28.1. The second-order valence-electron chi connectivity index (χ2n) is 21.1. The third-order valence-corrected chi connectivity index (χ3v) is 17.1. The predicted molar refractivity (Wildman–Crippen MR) is 299 cm³/mol. The standard InChI is InChI=1S/C57H67ClN10O6S2/c1-34-36(3)76-56-50(34)51(40-15-17-42(58)18-16-40)61-45(54-64-63-37(4)68(54)56)29-48(71)59-30-39-10-19-43(20-11-39)66-24-22-65(23-25-66)26-27-74-32-49(72)62-53(57(5,6)7)55(73)67-31-44(69)28-46(67)47(70)21-12-38-8-13-41(14-9-38)52-35(2)60-33-75-52/h8-11,13-20,33,44-46,53,69H,12,21-32H2,1-7H3,(H,59,71)(H,62,72)/t44-,45+,46+,53-/m1/s1. The van der Waals surface area contributed by atoms with E-state index in [1.807, 2.05) is 105 Å². The average molecular weight is 1090 g/mol. The summed E-state index contributed by atoms with van der Waals surface area (Å²) in [6.45, 7) is 18.2. The number of aliphatic hydroxyl groups excluding tert-OH is 1. The molecular weight excluding hydrogens is 1020 g/mol. The van der Waals surface area contributed by atoms with Gasteiger partial charge in [-0.05, 0) is 86.1 Å². The highest BCUT2D eigenvalue weighted by molar-refractivity contribution is 7.15. The Labute approximate surface area is 457 Å². The van der Waals surface area contributed by atoms with Crippen LogP contribution in [0.4, 0.5) is 5.69 Å². The number of ketones is 1. The molecular formula is C57H67ClN10O6S2. The molecule has 0 unspecified atom stereocenters. The molecule has 6 heterocycles. The molecule has 3 aromatic heterocycles. The normalized spacial score (nSPS) is 18.2. The number of hydrogen-bond acceptors (Lipinski definition) is 14. The van der Waals surface area contributed by atoms with Crippen molar-refractivity contribution in [1.82, 2.24) is 40.2 Å². The second-order valence-corrected chi connectivity index (χ2v) is 23.6. The smallest absolute Gasteiger partial charge is 0.246 e. The van der Waals surface area contributed by atoms with Gasteiger partial charge in [-0.1, -0.05) is 80.9 Å². The summed E-state index contributed by atoms with van der Waals surface area (Å²) in [6, 6.07) is 21.8. The molecule has 2 fully saturated rings. The Balaban J connectivity index is 0.708. The highest BCUT2D eigenvalue weighted by atomic mass is 35.5. The molecule has 0 aliphatic carbocycles. The summed E-state index contributed by atoms with van der Waals surface area (Å²) in [6.07, 6.45) is 0.179. The van der Waals surface area contributed by atoms with Crippen molar-refractivity contribution in [2.75, 3.05) is 57.4 Å². The predicted octanol–water partition coefficient (Wildman–Crippen LogP) is 7.77. The number of nitrogens with zero attached hydrogens (tertiary/aromatic N) is 8.